The van der Waals surface area contributed by atoms with Crippen LogP contribution in [0.4, 0.5) is 0 Å². The molecule has 1 fully saturated rings. The third-order valence-corrected chi connectivity index (χ3v) is 5.35. The number of imide groups is 1. The maximum absolute atomic E-state index is 12.8. The Kier molecular flexibility index (Phi) is 4.66. The van der Waals surface area contributed by atoms with E-state index >= 15 is 0 Å². The van der Waals surface area contributed by atoms with Crippen LogP contribution in [0.2, 0.25) is 0 Å². The van der Waals surface area contributed by atoms with Gasteiger partial charge in [-0.3, -0.25) is 19.3 Å². The zero-order valence-electron chi connectivity index (χ0n) is 15.4. The molecule has 0 aromatic heterocycles. The van der Waals surface area contributed by atoms with Gasteiger partial charge in [0.25, 0.3) is 11.8 Å². The molecule has 2 aromatic carbocycles. The molecule has 6 heteroatoms. The summed E-state index contributed by atoms with van der Waals surface area (Å²) in [5, 5.41) is 4.94. The number of carbonyl (C=O) groups excluding carboxylic acids is 3. The molecule has 27 heavy (non-hydrogen) atoms. The molecule has 6 nitrogen and oxygen atoms in total. The first-order chi connectivity index (χ1) is 13.1. The van der Waals surface area contributed by atoms with Crippen molar-refractivity contribution in [1.29, 1.82) is 0 Å². The number of nitrogens with zero attached hydrogens (tertiary/aromatic N) is 2. The van der Waals surface area contributed by atoms with Crippen LogP contribution in [0, 0.1) is 0 Å². The van der Waals surface area contributed by atoms with Gasteiger partial charge in [-0.15, -0.1) is 0 Å². The molecule has 0 spiro atoms. The Balaban J connectivity index is 1.45. The molecule has 0 saturated carbocycles. The van der Waals surface area contributed by atoms with E-state index in [4.69, 9.17) is 0 Å². The van der Waals surface area contributed by atoms with Gasteiger partial charge in [0.15, 0.2) is 0 Å². The van der Waals surface area contributed by atoms with Crippen LogP contribution in [0.5, 0.6) is 0 Å². The summed E-state index contributed by atoms with van der Waals surface area (Å²) in [7, 11) is 0. The largest absolute Gasteiger partial charge is 0.340 e. The highest BCUT2D eigenvalue weighted by molar-refractivity contribution is 6.25. The van der Waals surface area contributed by atoms with E-state index in [9.17, 15) is 14.4 Å². The Morgan fingerprint density at radius 3 is 2.41 bits per heavy atom. The molecule has 1 N–H and O–H groups in total. The smallest absolute Gasteiger partial charge is 0.261 e. The summed E-state index contributed by atoms with van der Waals surface area (Å²) in [6, 6.07) is 11.3. The third-order valence-electron chi connectivity index (χ3n) is 5.35. The summed E-state index contributed by atoms with van der Waals surface area (Å²) in [4.78, 5) is 41.2. The van der Waals surface area contributed by atoms with Crippen molar-refractivity contribution in [3.05, 3.63) is 47.5 Å². The molecule has 2 aromatic rings. The van der Waals surface area contributed by atoms with E-state index in [0.717, 1.165) is 17.3 Å². The topological polar surface area (TPSA) is 69.7 Å². The van der Waals surface area contributed by atoms with Crippen LogP contribution in [-0.4, -0.2) is 59.7 Å². The van der Waals surface area contributed by atoms with Crippen LogP contribution in [0.1, 0.15) is 40.5 Å². The number of hydrogen-bond acceptors (Lipinski definition) is 4. The Hall–Kier alpha value is -2.73. The number of nitrogens with one attached hydrogen (secondary N) is 1. The quantitative estimate of drug-likeness (QED) is 0.842. The highest BCUT2D eigenvalue weighted by Gasteiger charge is 2.32. The van der Waals surface area contributed by atoms with E-state index < -0.39 is 0 Å². The lowest BCUT2D eigenvalue weighted by Crippen LogP contribution is -2.51. The Labute approximate surface area is 158 Å². The van der Waals surface area contributed by atoms with E-state index in [1.807, 2.05) is 29.2 Å². The van der Waals surface area contributed by atoms with Crippen LogP contribution in [0.15, 0.2) is 36.4 Å². The van der Waals surface area contributed by atoms with Crippen molar-refractivity contribution < 1.29 is 14.4 Å². The lowest BCUT2D eigenvalue weighted by Gasteiger charge is -2.32. The van der Waals surface area contributed by atoms with Crippen molar-refractivity contribution >= 4 is 28.5 Å². The highest BCUT2D eigenvalue weighted by Crippen LogP contribution is 2.30. The van der Waals surface area contributed by atoms with E-state index in [1.165, 1.54) is 4.90 Å². The molecule has 140 valence electrons. The molecule has 1 unspecified atom stereocenters. The van der Waals surface area contributed by atoms with Gasteiger partial charge < -0.3 is 10.2 Å². The molecule has 2 aliphatic heterocycles. The van der Waals surface area contributed by atoms with E-state index in [1.54, 1.807) is 12.1 Å². The second-order valence-electron chi connectivity index (χ2n) is 7.27. The predicted octanol–water partition coefficient (Wildman–Crippen LogP) is 2.04. The first-order valence-electron chi connectivity index (χ1n) is 9.45. The zero-order valence-corrected chi connectivity index (χ0v) is 15.4. The van der Waals surface area contributed by atoms with Crippen LogP contribution in [0.25, 0.3) is 10.8 Å². The maximum Gasteiger partial charge on any atom is 0.261 e. The van der Waals surface area contributed by atoms with Gasteiger partial charge in [0.2, 0.25) is 5.91 Å². The first-order valence-corrected chi connectivity index (χ1v) is 9.45. The van der Waals surface area contributed by atoms with Crippen LogP contribution in [0.3, 0.4) is 0 Å². The van der Waals surface area contributed by atoms with Crippen molar-refractivity contribution in [2.45, 2.75) is 25.8 Å². The second kappa shape index (κ2) is 7.12. The van der Waals surface area contributed by atoms with Gasteiger partial charge in [0.1, 0.15) is 0 Å². The minimum absolute atomic E-state index is 0.0859. The summed E-state index contributed by atoms with van der Waals surface area (Å²) in [5.41, 5.74) is 1.12. The SMILES string of the molecule is CC1CN(C(=O)CCCN2C(=O)c3cccc4cccc(c34)C2=O)CCN1. The fourth-order valence-electron chi connectivity index (χ4n) is 3.99. The lowest BCUT2D eigenvalue weighted by molar-refractivity contribution is -0.132. The van der Waals surface area contributed by atoms with E-state index in [0.29, 0.717) is 43.1 Å². The van der Waals surface area contributed by atoms with Crippen molar-refractivity contribution in [2.75, 3.05) is 26.2 Å². The fraction of sp³-hybridized carbons (Fsp3) is 0.381. The van der Waals surface area contributed by atoms with E-state index in [2.05, 4.69) is 12.2 Å². The molecule has 1 saturated heterocycles. The number of carbonyl (C=O) groups is 3. The highest BCUT2D eigenvalue weighted by atomic mass is 16.2. The van der Waals surface area contributed by atoms with Crippen LogP contribution in [-0.2, 0) is 4.79 Å². The average molecular weight is 365 g/mol. The molecule has 2 heterocycles. The van der Waals surface area contributed by atoms with Crippen molar-refractivity contribution in [1.82, 2.24) is 15.1 Å². The van der Waals surface area contributed by atoms with Crippen molar-refractivity contribution in [3.8, 4) is 0 Å². The summed E-state index contributed by atoms with van der Waals surface area (Å²) in [6.45, 7) is 4.53. The van der Waals surface area contributed by atoms with Gasteiger partial charge in [0, 0.05) is 55.2 Å². The Bertz CT molecular complexity index is 873. The van der Waals surface area contributed by atoms with Crippen LogP contribution >= 0.6 is 0 Å². The molecule has 0 aliphatic carbocycles. The molecular formula is C21H23N3O3. The van der Waals surface area contributed by atoms with Gasteiger partial charge in [-0.2, -0.15) is 0 Å². The minimum atomic E-state index is -0.271. The average Bonchev–Trinajstić information content (AvgIpc) is 2.68. The van der Waals surface area contributed by atoms with Gasteiger partial charge in [-0.1, -0.05) is 24.3 Å². The van der Waals surface area contributed by atoms with Crippen LogP contribution < -0.4 is 5.32 Å². The fourth-order valence-corrected chi connectivity index (χ4v) is 3.99. The van der Waals surface area contributed by atoms with Gasteiger partial charge in [0.05, 0.1) is 0 Å². The zero-order chi connectivity index (χ0) is 19.0. The van der Waals surface area contributed by atoms with Gasteiger partial charge >= 0.3 is 0 Å². The summed E-state index contributed by atoms with van der Waals surface area (Å²) >= 11 is 0. The van der Waals surface area contributed by atoms with Crippen molar-refractivity contribution in [3.63, 3.8) is 0 Å². The van der Waals surface area contributed by atoms with E-state index in [-0.39, 0.29) is 24.3 Å². The number of piperazine rings is 1. The molecule has 4 rings (SSSR count). The number of hydrogen-bond donors (Lipinski definition) is 1. The standard InChI is InChI=1S/C21H23N3O3/c1-14-13-23(12-10-22-14)18(25)9-4-11-24-20(26)16-7-2-5-15-6-3-8-17(19(15)16)21(24)27/h2-3,5-8,14,22H,4,9-13H2,1H3. The summed E-state index contributed by atoms with van der Waals surface area (Å²) in [5.74, 6) is -0.456. The van der Waals surface area contributed by atoms with Crippen molar-refractivity contribution in [2.24, 2.45) is 0 Å². The first kappa shape index (κ1) is 17.7. The van der Waals surface area contributed by atoms with Gasteiger partial charge in [-0.25, -0.2) is 0 Å². The number of benzene rings is 2. The summed E-state index contributed by atoms with van der Waals surface area (Å²) in [6.07, 6.45) is 0.822. The molecule has 1 atom stereocenters. The maximum atomic E-state index is 12.8. The van der Waals surface area contributed by atoms with Gasteiger partial charge in [-0.05, 0) is 30.9 Å². The Morgan fingerprint density at radius 1 is 1.11 bits per heavy atom. The molecule has 3 amide bonds. The molecule has 0 bridgehead atoms. The lowest BCUT2D eigenvalue weighted by atomic mass is 9.94. The second-order valence-corrected chi connectivity index (χ2v) is 7.27. The monoisotopic (exact) mass is 365 g/mol. The Morgan fingerprint density at radius 2 is 1.78 bits per heavy atom. The molecule has 0 radical (unpaired) electrons. The normalized spacial score (nSPS) is 19.7. The number of amides is 3. The predicted molar refractivity (Wildman–Crippen MR) is 103 cm³/mol. The molecule has 2 aliphatic rings. The minimum Gasteiger partial charge on any atom is -0.340 e. The molecular weight excluding hydrogens is 342 g/mol. The third kappa shape index (κ3) is 3.21. The summed E-state index contributed by atoms with van der Waals surface area (Å²) < 4.78 is 0. The number of rotatable bonds is 4.